The number of furan rings is 1. The largest absolute Gasteiger partial charge is 0.478 e. The molecule has 0 aliphatic heterocycles. The minimum absolute atomic E-state index is 0.123. The number of carbonyl (C=O) groups excluding carboxylic acids is 1. The molecule has 1 amide bonds. The summed E-state index contributed by atoms with van der Waals surface area (Å²) in [5, 5.41) is 11.8. The van der Waals surface area contributed by atoms with Crippen molar-refractivity contribution >= 4 is 11.9 Å². The quantitative estimate of drug-likeness (QED) is 0.869. The molecule has 1 heterocycles. The Hall–Kier alpha value is -1.82. The van der Waals surface area contributed by atoms with Gasteiger partial charge in [0.1, 0.15) is 22.7 Å². The second-order valence-electron chi connectivity index (χ2n) is 5.43. The van der Waals surface area contributed by atoms with Crippen molar-refractivity contribution in [3.8, 4) is 0 Å². The number of carbonyl (C=O) groups is 2. The van der Waals surface area contributed by atoms with E-state index in [1.165, 1.54) is 6.07 Å². The van der Waals surface area contributed by atoms with Crippen LogP contribution >= 0.6 is 0 Å². The monoisotopic (exact) mass is 295 g/mol. The molecule has 116 valence electrons. The molecule has 0 saturated heterocycles. The highest BCUT2D eigenvalue weighted by Gasteiger charge is 2.39. The summed E-state index contributed by atoms with van der Waals surface area (Å²) >= 11 is 0. The highest BCUT2D eigenvalue weighted by molar-refractivity contribution is 5.89. The van der Waals surface area contributed by atoms with Crippen molar-refractivity contribution in [1.29, 1.82) is 0 Å². The van der Waals surface area contributed by atoms with Crippen LogP contribution in [0.15, 0.2) is 10.5 Å². The number of carboxylic acid groups (broad SMARTS) is 1. The van der Waals surface area contributed by atoms with Crippen LogP contribution in [0.4, 0.5) is 0 Å². The normalized spacial score (nSPS) is 17.4. The molecule has 1 aromatic heterocycles. The van der Waals surface area contributed by atoms with Gasteiger partial charge in [-0.25, -0.2) is 4.79 Å². The van der Waals surface area contributed by atoms with Crippen molar-refractivity contribution in [3.63, 3.8) is 0 Å². The number of ether oxygens (including phenoxy) is 1. The van der Waals surface area contributed by atoms with Crippen molar-refractivity contribution in [1.82, 2.24) is 5.32 Å². The fourth-order valence-corrected chi connectivity index (χ4v) is 2.82. The first-order valence-corrected chi connectivity index (χ1v) is 7.14. The van der Waals surface area contributed by atoms with Crippen LogP contribution < -0.4 is 5.32 Å². The molecule has 0 bridgehead atoms. The van der Waals surface area contributed by atoms with E-state index >= 15 is 0 Å². The standard InChI is InChI=1S/C15H21NO5/c1-10-12(13(17)18)8-11(21-10)9-16-14(19)15(20-2)6-4-3-5-7-15/h8H,3-7,9H2,1-2H3,(H,16,19)(H,17,18). The maximum atomic E-state index is 12.4. The average Bonchev–Trinajstić information content (AvgIpc) is 2.86. The van der Waals surface area contributed by atoms with Gasteiger partial charge in [0, 0.05) is 7.11 Å². The molecule has 1 aliphatic rings. The van der Waals surface area contributed by atoms with Gasteiger partial charge in [-0.2, -0.15) is 0 Å². The number of aryl methyl sites for hydroxylation is 1. The number of nitrogens with one attached hydrogen (secondary N) is 1. The smallest absolute Gasteiger partial charge is 0.339 e. The van der Waals surface area contributed by atoms with Gasteiger partial charge in [0.15, 0.2) is 0 Å². The Kier molecular flexibility index (Phi) is 4.67. The van der Waals surface area contributed by atoms with Crippen LogP contribution in [0.2, 0.25) is 0 Å². The van der Waals surface area contributed by atoms with Crippen LogP contribution in [0.3, 0.4) is 0 Å². The van der Waals surface area contributed by atoms with Crippen LogP contribution in [-0.4, -0.2) is 29.7 Å². The molecule has 0 spiro atoms. The zero-order valence-electron chi connectivity index (χ0n) is 12.4. The van der Waals surface area contributed by atoms with Crippen molar-refractivity contribution < 1.29 is 23.8 Å². The number of carboxylic acids is 1. The molecule has 1 fully saturated rings. The molecule has 1 saturated carbocycles. The first-order valence-electron chi connectivity index (χ1n) is 7.14. The predicted molar refractivity (Wildman–Crippen MR) is 75.1 cm³/mol. The van der Waals surface area contributed by atoms with Gasteiger partial charge in [-0.1, -0.05) is 19.3 Å². The Morgan fingerprint density at radius 3 is 2.57 bits per heavy atom. The van der Waals surface area contributed by atoms with E-state index in [-0.39, 0.29) is 18.0 Å². The molecular weight excluding hydrogens is 274 g/mol. The van der Waals surface area contributed by atoms with Gasteiger partial charge < -0.3 is 19.6 Å². The maximum absolute atomic E-state index is 12.4. The van der Waals surface area contributed by atoms with Gasteiger partial charge in [-0.05, 0) is 25.8 Å². The first kappa shape index (κ1) is 15.6. The van der Waals surface area contributed by atoms with Gasteiger partial charge in [-0.3, -0.25) is 4.79 Å². The fourth-order valence-electron chi connectivity index (χ4n) is 2.82. The molecule has 2 N–H and O–H groups in total. The maximum Gasteiger partial charge on any atom is 0.339 e. The van der Waals surface area contributed by atoms with Gasteiger partial charge in [0.25, 0.3) is 5.91 Å². The number of hydrogen-bond donors (Lipinski definition) is 2. The summed E-state index contributed by atoms with van der Waals surface area (Å²) in [5.41, 5.74) is -0.631. The summed E-state index contributed by atoms with van der Waals surface area (Å²) in [5.74, 6) is -0.420. The molecule has 1 aromatic rings. The average molecular weight is 295 g/mol. The summed E-state index contributed by atoms with van der Waals surface area (Å²) in [6.45, 7) is 1.75. The van der Waals surface area contributed by atoms with E-state index in [1.807, 2.05) is 0 Å². The van der Waals surface area contributed by atoms with Crippen LogP contribution in [0, 0.1) is 6.92 Å². The Morgan fingerprint density at radius 1 is 1.38 bits per heavy atom. The van der Waals surface area contributed by atoms with Crippen LogP contribution in [0.5, 0.6) is 0 Å². The molecule has 1 aliphatic carbocycles. The van der Waals surface area contributed by atoms with Crippen molar-refractivity contribution in [3.05, 3.63) is 23.2 Å². The molecule has 2 rings (SSSR count). The lowest BCUT2D eigenvalue weighted by molar-refractivity contribution is -0.147. The lowest BCUT2D eigenvalue weighted by Crippen LogP contribution is -2.49. The number of hydrogen-bond acceptors (Lipinski definition) is 4. The zero-order chi connectivity index (χ0) is 15.5. The van der Waals surface area contributed by atoms with Crippen molar-refractivity contribution in [2.24, 2.45) is 0 Å². The molecule has 6 nitrogen and oxygen atoms in total. The molecule has 0 atom stereocenters. The molecule has 21 heavy (non-hydrogen) atoms. The second-order valence-corrected chi connectivity index (χ2v) is 5.43. The van der Waals surface area contributed by atoms with Gasteiger partial charge in [-0.15, -0.1) is 0 Å². The minimum Gasteiger partial charge on any atom is -0.478 e. The van der Waals surface area contributed by atoms with Crippen LogP contribution in [0.25, 0.3) is 0 Å². The zero-order valence-corrected chi connectivity index (χ0v) is 12.4. The fraction of sp³-hybridized carbons (Fsp3) is 0.600. The Bertz CT molecular complexity index is 528. The minimum atomic E-state index is -1.03. The molecule has 0 unspecified atom stereocenters. The molecule has 0 aromatic carbocycles. The van der Waals surface area contributed by atoms with E-state index in [9.17, 15) is 9.59 Å². The lowest BCUT2D eigenvalue weighted by Gasteiger charge is -2.34. The summed E-state index contributed by atoms with van der Waals surface area (Å²) in [4.78, 5) is 23.3. The molecule has 0 radical (unpaired) electrons. The highest BCUT2D eigenvalue weighted by Crippen LogP contribution is 2.31. The number of rotatable bonds is 5. The second kappa shape index (κ2) is 6.30. The number of aromatic carboxylic acids is 1. The van der Waals surface area contributed by atoms with E-state index in [0.29, 0.717) is 24.4 Å². The summed E-state index contributed by atoms with van der Waals surface area (Å²) in [7, 11) is 1.56. The van der Waals surface area contributed by atoms with Gasteiger partial charge in [0.2, 0.25) is 0 Å². The summed E-state index contributed by atoms with van der Waals surface area (Å²) in [6.07, 6.45) is 4.51. The predicted octanol–water partition coefficient (Wildman–Crippen LogP) is 2.25. The van der Waals surface area contributed by atoms with E-state index in [2.05, 4.69) is 5.32 Å². The van der Waals surface area contributed by atoms with Gasteiger partial charge in [0.05, 0.1) is 6.54 Å². The highest BCUT2D eigenvalue weighted by atomic mass is 16.5. The Labute approximate surface area is 123 Å². The third-order valence-corrected chi connectivity index (χ3v) is 4.09. The van der Waals surface area contributed by atoms with Crippen LogP contribution in [-0.2, 0) is 16.1 Å². The topological polar surface area (TPSA) is 88.8 Å². The molecule has 6 heteroatoms. The third kappa shape index (κ3) is 3.26. The molecular formula is C15H21NO5. The van der Waals surface area contributed by atoms with Crippen LogP contribution in [0.1, 0.15) is 54.0 Å². The number of amides is 1. The Morgan fingerprint density at radius 2 is 2.05 bits per heavy atom. The first-order chi connectivity index (χ1) is 9.98. The van der Waals surface area contributed by atoms with E-state index in [4.69, 9.17) is 14.3 Å². The Balaban J connectivity index is 2.00. The lowest BCUT2D eigenvalue weighted by atomic mass is 9.84. The van der Waals surface area contributed by atoms with E-state index in [1.54, 1.807) is 14.0 Å². The SMILES string of the molecule is COC1(C(=O)NCc2cc(C(=O)O)c(C)o2)CCCCC1. The summed E-state index contributed by atoms with van der Waals surface area (Å²) < 4.78 is 10.8. The summed E-state index contributed by atoms with van der Waals surface area (Å²) in [6, 6.07) is 1.44. The van der Waals surface area contributed by atoms with Crippen molar-refractivity contribution in [2.45, 2.75) is 51.2 Å². The van der Waals surface area contributed by atoms with E-state index in [0.717, 1.165) is 19.3 Å². The van der Waals surface area contributed by atoms with E-state index < -0.39 is 11.6 Å². The van der Waals surface area contributed by atoms with Crippen molar-refractivity contribution in [2.75, 3.05) is 7.11 Å². The number of methoxy groups -OCH3 is 1. The van der Waals surface area contributed by atoms with Gasteiger partial charge >= 0.3 is 5.97 Å². The third-order valence-electron chi connectivity index (χ3n) is 4.09.